The molecule has 0 aromatic heterocycles. The van der Waals surface area contributed by atoms with Crippen LogP contribution in [0.15, 0.2) is 0 Å². The van der Waals surface area contributed by atoms with Gasteiger partial charge in [0.1, 0.15) is 0 Å². The Bertz CT molecular complexity index is 28.1. The minimum atomic E-state index is 0.920. The van der Waals surface area contributed by atoms with E-state index >= 15 is 0 Å². The van der Waals surface area contributed by atoms with E-state index in [2.05, 4.69) is 19.1 Å². The summed E-state index contributed by atoms with van der Waals surface area (Å²) >= 11 is 3.93. The van der Waals surface area contributed by atoms with Gasteiger partial charge in [0.05, 0.1) is 0 Å². The molecule has 0 aliphatic rings. The van der Waals surface area contributed by atoms with Crippen molar-refractivity contribution in [3.05, 3.63) is 0 Å². The summed E-state index contributed by atoms with van der Waals surface area (Å²) in [6, 6.07) is 0. The van der Waals surface area contributed by atoms with E-state index < -0.39 is 0 Å². The summed E-state index contributed by atoms with van der Waals surface area (Å²) in [6.07, 6.45) is 1.02. The molecule has 0 aromatic rings. The second-order valence-electron chi connectivity index (χ2n) is 0.801. The Hall–Kier alpha value is 0.285. The molecule has 0 atom stereocenters. The summed E-state index contributed by atoms with van der Waals surface area (Å²) < 4.78 is 0. The summed E-state index contributed by atoms with van der Waals surface area (Å²) in [4.78, 5) is 0. The fraction of sp³-hybridized carbons (Fsp3) is 0.667. The Labute approximate surface area is 38.9 Å². The fourth-order valence-electron chi connectivity index (χ4n) is 0.0913. The van der Waals surface area contributed by atoms with Crippen molar-refractivity contribution in [2.45, 2.75) is 6.32 Å². The average Bonchev–Trinajstić information content (AvgIpc) is 1.41. The van der Waals surface area contributed by atoms with Gasteiger partial charge < -0.3 is 0 Å². The van der Waals surface area contributed by atoms with Crippen LogP contribution in [0, 0.1) is 0 Å². The summed E-state index contributed by atoms with van der Waals surface area (Å²) in [5.74, 6) is 0.920. The molecule has 28 valence electrons. The van der Waals surface area contributed by atoms with Crippen molar-refractivity contribution in [1.29, 1.82) is 0 Å². The van der Waals surface area contributed by atoms with E-state index in [4.69, 9.17) is 0 Å². The van der Waals surface area contributed by atoms with Crippen LogP contribution >= 0.6 is 12.6 Å². The van der Waals surface area contributed by atoms with Gasteiger partial charge in [0.15, 0.2) is 0 Å². The molecule has 0 saturated heterocycles. The van der Waals surface area contributed by atoms with Gasteiger partial charge in [-0.05, 0) is 0 Å². The van der Waals surface area contributed by atoms with Gasteiger partial charge in [-0.15, -0.1) is 0 Å². The second kappa shape index (κ2) is 4.28. The molecule has 0 nitrogen and oxygen atoms in total. The Morgan fingerprint density at radius 2 is 2.40 bits per heavy atom. The van der Waals surface area contributed by atoms with Crippen molar-refractivity contribution in [2.24, 2.45) is 0 Å². The van der Waals surface area contributed by atoms with Crippen LogP contribution < -0.4 is 0 Å². The molecule has 2 heteroatoms. The monoisotopic (exact) mass is 86.0 g/mol. The van der Waals surface area contributed by atoms with Gasteiger partial charge in [0.2, 0.25) is 0 Å². The van der Waals surface area contributed by atoms with Gasteiger partial charge in [-0.2, -0.15) is 0 Å². The van der Waals surface area contributed by atoms with Gasteiger partial charge in [-0.1, -0.05) is 0 Å². The molecule has 0 aliphatic carbocycles. The molecule has 0 aliphatic heterocycles. The third kappa shape index (κ3) is 4.28. The van der Waals surface area contributed by atoms with E-state index in [1.807, 2.05) is 6.92 Å². The predicted octanol–water partition coefficient (Wildman–Crippen LogP) is 0.471. The molecule has 0 aromatic carbocycles. The van der Waals surface area contributed by atoms with E-state index in [0.29, 0.717) is 0 Å². The van der Waals surface area contributed by atoms with Crippen LogP contribution in [0.4, 0.5) is 0 Å². The molecule has 0 unspecified atom stereocenters. The molecule has 0 amide bonds. The van der Waals surface area contributed by atoms with Crippen LogP contribution in [0.1, 0.15) is 0 Å². The van der Waals surface area contributed by atoms with Crippen LogP contribution in [-0.4, -0.2) is 19.1 Å². The number of rotatable bonds is 2. The van der Waals surface area contributed by atoms with E-state index in [1.165, 1.54) is 0 Å². The van der Waals surface area contributed by atoms with E-state index in [0.717, 1.165) is 12.1 Å². The SMILES string of the molecule is C=BCCS. The third-order valence-corrected chi connectivity index (χ3v) is 0.591. The standard InChI is InChI=1S/C3H7BS/c1-4-2-3-5/h5H,1-3H2. The Kier molecular flexibility index (Phi) is 4.53. The average molecular weight is 86.0 g/mol. The van der Waals surface area contributed by atoms with Crippen LogP contribution in [0.5, 0.6) is 0 Å². The number of hydrogen-bond acceptors (Lipinski definition) is 1. The summed E-state index contributed by atoms with van der Waals surface area (Å²) in [5, 5.41) is 0. The number of hydrogen-bond donors (Lipinski definition) is 1. The summed E-state index contributed by atoms with van der Waals surface area (Å²) in [6.45, 7) is 5.36. The quantitative estimate of drug-likeness (QED) is 0.366. The molecule has 5 heavy (non-hydrogen) atoms. The van der Waals surface area contributed by atoms with Crippen molar-refractivity contribution in [3.63, 3.8) is 0 Å². The molecule has 0 bridgehead atoms. The normalized spacial score (nSPS) is 6.60. The second-order valence-corrected chi connectivity index (χ2v) is 1.25. The molecule has 0 rings (SSSR count). The van der Waals surface area contributed by atoms with Crippen LogP contribution in [0.3, 0.4) is 0 Å². The zero-order valence-electron chi connectivity index (χ0n) is 3.15. The first-order chi connectivity index (χ1) is 2.41. The third-order valence-electron chi connectivity index (χ3n) is 0.333. The first kappa shape index (κ1) is 5.28. The molecular weight excluding hydrogens is 78.9 g/mol. The van der Waals surface area contributed by atoms with E-state index in [1.54, 1.807) is 0 Å². The van der Waals surface area contributed by atoms with Crippen molar-refractivity contribution >= 4 is 26.0 Å². The molecule has 0 fully saturated rings. The van der Waals surface area contributed by atoms with Crippen LogP contribution in [0.25, 0.3) is 0 Å². The topological polar surface area (TPSA) is 0 Å². The minimum absolute atomic E-state index is 0.920. The van der Waals surface area contributed by atoms with Gasteiger partial charge in [-0.3, -0.25) is 0 Å². The van der Waals surface area contributed by atoms with Crippen molar-refractivity contribution in [3.8, 4) is 0 Å². The summed E-state index contributed by atoms with van der Waals surface area (Å²) in [5.41, 5.74) is 0. The van der Waals surface area contributed by atoms with E-state index in [-0.39, 0.29) is 0 Å². The Morgan fingerprint density at radius 1 is 1.80 bits per heavy atom. The van der Waals surface area contributed by atoms with Gasteiger partial charge in [0.25, 0.3) is 0 Å². The van der Waals surface area contributed by atoms with Gasteiger partial charge >= 0.3 is 38.1 Å². The van der Waals surface area contributed by atoms with Gasteiger partial charge in [0, 0.05) is 0 Å². The molecular formula is C3H7BS. The Balaban J connectivity index is 2.40. The molecule has 0 spiro atoms. The molecule has 0 heterocycles. The van der Waals surface area contributed by atoms with Gasteiger partial charge in [-0.25, -0.2) is 0 Å². The Morgan fingerprint density at radius 3 is 2.40 bits per heavy atom. The first-order valence-electron chi connectivity index (χ1n) is 1.63. The maximum absolute atomic E-state index is 3.93. The van der Waals surface area contributed by atoms with Crippen molar-refractivity contribution in [2.75, 3.05) is 5.75 Å². The zero-order valence-corrected chi connectivity index (χ0v) is 4.04. The number of thiol groups is 1. The first-order valence-corrected chi connectivity index (χ1v) is 2.27. The van der Waals surface area contributed by atoms with Crippen molar-refractivity contribution < 1.29 is 0 Å². The molecule has 0 saturated carbocycles. The van der Waals surface area contributed by atoms with Crippen LogP contribution in [-0.2, 0) is 0 Å². The van der Waals surface area contributed by atoms with Crippen LogP contribution in [0.2, 0.25) is 6.32 Å². The zero-order chi connectivity index (χ0) is 4.12. The van der Waals surface area contributed by atoms with E-state index in [9.17, 15) is 0 Å². The fourth-order valence-corrected chi connectivity index (χ4v) is 0.274. The maximum atomic E-state index is 3.93. The molecule has 0 N–H and O–H groups in total. The molecule has 0 radical (unpaired) electrons. The van der Waals surface area contributed by atoms with Crippen molar-refractivity contribution in [1.82, 2.24) is 0 Å². The predicted molar refractivity (Wildman–Crippen MR) is 31.5 cm³/mol. The summed E-state index contributed by atoms with van der Waals surface area (Å²) in [7, 11) is 0.